The molecule has 1 unspecified atom stereocenters. The fraction of sp³-hybridized carbons (Fsp3) is 0.167. The van der Waals surface area contributed by atoms with Crippen LogP contribution >= 0.6 is 0 Å². The number of halogens is 3. The molecule has 1 aliphatic rings. The number of benzene rings is 1. The van der Waals surface area contributed by atoms with Crippen LogP contribution < -0.4 is 11.1 Å². The molecule has 1 aromatic heterocycles. The van der Waals surface area contributed by atoms with E-state index in [2.05, 4.69) is 15.3 Å². The molecule has 3 N–H and O–H groups in total. The molecule has 1 heterocycles. The van der Waals surface area contributed by atoms with Crippen molar-refractivity contribution in [1.82, 2.24) is 4.98 Å². The first kappa shape index (κ1) is 17.7. The lowest BCUT2D eigenvalue weighted by Gasteiger charge is -2.12. The summed E-state index contributed by atoms with van der Waals surface area (Å²) < 4.78 is 40.9. The van der Waals surface area contributed by atoms with Crippen molar-refractivity contribution >= 4 is 17.4 Å². The van der Waals surface area contributed by atoms with E-state index >= 15 is 0 Å². The first-order valence-electron chi connectivity index (χ1n) is 7.71. The highest BCUT2D eigenvalue weighted by atomic mass is 19.3. The zero-order valence-corrected chi connectivity index (χ0v) is 13.5. The van der Waals surface area contributed by atoms with Crippen LogP contribution in [0, 0.1) is 5.82 Å². The summed E-state index contributed by atoms with van der Waals surface area (Å²) in [5, 5.41) is 2.69. The molecule has 1 aromatic carbocycles. The van der Waals surface area contributed by atoms with Crippen molar-refractivity contribution in [1.29, 1.82) is 0 Å². The number of aromatic nitrogens is 1. The number of pyridine rings is 1. The van der Waals surface area contributed by atoms with Gasteiger partial charge in [0.2, 0.25) is 0 Å². The number of carbonyl (C=O) groups excluding carboxylic acids is 1. The number of nitrogens with one attached hydrogen (secondary N) is 1. The third kappa shape index (κ3) is 3.30. The van der Waals surface area contributed by atoms with E-state index in [0.29, 0.717) is 5.69 Å². The molecule has 3 rings (SSSR count). The standard InChI is InChI=1S/C18H15F3N4O/c19-13-8-14(10-23-9-13)24-7-6-15(22)25-16(26)17(11-18(17,20)21)12-4-2-1-3-5-12/h1-10,24H,11H2,(H2,22,25,26)/b7-6-. The van der Waals surface area contributed by atoms with Gasteiger partial charge in [-0.3, -0.25) is 9.78 Å². The van der Waals surface area contributed by atoms with Gasteiger partial charge < -0.3 is 11.1 Å². The normalized spacial score (nSPS) is 21.6. The number of nitrogens with two attached hydrogens (primary N) is 1. The SMILES string of the molecule is NC(/C=C\Nc1cncc(F)c1)=NC(=O)C1(c2ccccc2)CC1(F)F. The van der Waals surface area contributed by atoms with Crippen molar-refractivity contribution in [3.8, 4) is 0 Å². The van der Waals surface area contributed by atoms with Gasteiger partial charge in [-0.25, -0.2) is 13.2 Å². The zero-order chi connectivity index (χ0) is 18.8. The topological polar surface area (TPSA) is 80.4 Å². The highest BCUT2D eigenvalue weighted by molar-refractivity contribution is 6.05. The smallest absolute Gasteiger partial charge is 0.268 e. The van der Waals surface area contributed by atoms with Crippen molar-refractivity contribution in [3.63, 3.8) is 0 Å². The quantitative estimate of drug-likeness (QED) is 0.635. The minimum absolute atomic E-state index is 0.208. The first-order valence-corrected chi connectivity index (χ1v) is 7.71. The van der Waals surface area contributed by atoms with Gasteiger partial charge in [0, 0.05) is 18.7 Å². The number of aliphatic imine (C=N–C) groups is 1. The number of amidine groups is 1. The molecular formula is C18H15F3N4O. The fourth-order valence-corrected chi connectivity index (χ4v) is 2.64. The van der Waals surface area contributed by atoms with Gasteiger partial charge in [0.05, 0.1) is 18.1 Å². The Kier molecular flexibility index (Phi) is 4.50. The van der Waals surface area contributed by atoms with Crippen LogP contribution in [0.25, 0.3) is 0 Å². The summed E-state index contributed by atoms with van der Waals surface area (Å²) in [6, 6.07) is 8.99. The Morgan fingerprint density at radius 2 is 1.96 bits per heavy atom. The Hall–Kier alpha value is -3.16. The van der Waals surface area contributed by atoms with Crippen LogP contribution in [0.2, 0.25) is 0 Å². The second-order valence-electron chi connectivity index (χ2n) is 5.86. The van der Waals surface area contributed by atoms with Gasteiger partial charge in [0.1, 0.15) is 17.1 Å². The zero-order valence-electron chi connectivity index (χ0n) is 13.5. The highest BCUT2D eigenvalue weighted by Crippen LogP contribution is 2.62. The van der Waals surface area contributed by atoms with Crippen molar-refractivity contribution < 1.29 is 18.0 Å². The van der Waals surface area contributed by atoms with Crippen LogP contribution in [-0.4, -0.2) is 22.6 Å². The highest BCUT2D eigenvalue weighted by Gasteiger charge is 2.76. The number of carbonyl (C=O) groups is 1. The maximum Gasteiger partial charge on any atom is 0.268 e. The molecule has 1 atom stereocenters. The number of hydrogen-bond donors (Lipinski definition) is 2. The Bertz CT molecular complexity index is 883. The summed E-state index contributed by atoms with van der Waals surface area (Å²) in [4.78, 5) is 19.6. The molecule has 1 saturated carbocycles. The number of anilines is 1. The molecule has 5 nitrogen and oxygen atoms in total. The van der Waals surface area contributed by atoms with E-state index in [9.17, 15) is 18.0 Å². The van der Waals surface area contributed by atoms with E-state index in [1.807, 2.05) is 0 Å². The van der Waals surface area contributed by atoms with Crippen LogP contribution in [0.3, 0.4) is 0 Å². The Morgan fingerprint density at radius 3 is 2.58 bits per heavy atom. The maximum atomic E-state index is 13.9. The molecule has 0 spiro atoms. The average molecular weight is 360 g/mol. The van der Waals surface area contributed by atoms with Gasteiger partial charge in [-0.1, -0.05) is 30.3 Å². The van der Waals surface area contributed by atoms with E-state index < -0.39 is 29.5 Å². The lowest BCUT2D eigenvalue weighted by atomic mass is 9.94. The summed E-state index contributed by atoms with van der Waals surface area (Å²) >= 11 is 0. The predicted octanol–water partition coefficient (Wildman–Crippen LogP) is 3.01. The molecule has 0 radical (unpaired) electrons. The number of rotatable bonds is 5. The molecule has 1 fully saturated rings. The summed E-state index contributed by atoms with van der Waals surface area (Å²) in [5.41, 5.74) is 4.23. The third-order valence-electron chi connectivity index (χ3n) is 4.06. The molecule has 8 heteroatoms. The van der Waals surface area contributed by atoms with E-state index in [-0.39, 0.29) is 11.4 Å². The third-order valence-corrected chi connectivity index (χ3v) is 4.06. The molecule has 1 amide bonds. The monoisotopic (exact) mass is 360 g/mol. The van der Waals surface area contributed by atoms with Crippen molar-refractivity contribution in [2.45, 2.75) is 17.8 Å². The van der Waals surface area contributed by atoms with Crippen LogP contribution in [-0.2, 0) is 10.2 Å². The van der Waals surface area contributed by atoms with E-state index in [4.69, 9.17) is 5.73 Å². The predicted molar refractivity (Wildman–Crippen MR) is 91.3 cm³/mol. The van der Waals surface area contributed by atoms with Crippen LogP contribution in [0.5, 0.6) is 0 Å². The summed E-state index contributed by atoms with van der Waals surface area (Å²) in [6.07, 6.45) is 4.35. The summed E-state index contributed by atoms with van der Waals surface area (Å²) in [7, 11) is 0. The van der Waals surface area contributed by atoms with Crippen LogP contribution in [0.1, 0.15) is 12.0 Å². The van der Waals surface area contributed by atoms with E-state index in [1.165, 1.54) is 36.7 Å². The molecule has 2 aromatic rings. The van der Waals surface area contributed by atoms with Crippen molar-refractivity contribution in [3.05, 3.63) is 72.4 Å². The molecule has 0 bridgehead atoms. The van der Waals surface area contributed by atoms with Gasteiger partial charge in [0.15, 0.2) is 0 Å². The molecule has 1 aliphatic carbocycles. The van der Waals surface area contributed by atoms with Crippen molar-refractivity contribution in [2.75, 3.05) is 5.32 Å². The molecule has 0 saturated heterocycles. The van der Waals surface area contributed by atoms with Crippen LogP contribution in [0.15, 0.2) is 66.1 Å². The Labute approximate surface area is 147 Å². The lowest BCUT2D eigenvalue weighted by Crippen LogP contribution is -2.28. The maximum absolute atomic E-state index is 13.9. The van der Waals surface area contributed by atoms with Gasteiger partial charge in [-0.15, -0.1) is 0 Å². The largest absolute Gasteiger partial charge is 0.384 e. The second-order valence-corrected chi connectivity index (χ2v) is 5.86. The molecule has 26 heavy (non-hydrogen) atoms. The first-order chi connectivity index (χ1) is 12.3. The molecule has 0 aliphatic heterocycles. The van der Waals surface area contributed by atoms with Gasteiger partial charge in [-0.05, 0) is 11.6 Å². The van der Waals surface area contributed by atoms with Crippen molar-refractivity contribution in [2.24, 2.45) is 10.7 Å². The number of alkyl halides is 2. The molecule has 134 valence electrons. The number of hydrogen-bond acceptors (Lipinski definition) is 3. The minimum atomic E-state index is -3.16. The summed E-state index contributed by atoms with van der Waals surface area (Å²) in [5.74, 6) is -4.93. The van der Waals surface area contributed by atoms with E-state index in [0.717, 1.165) is 6.20 Å². The van der Waals surface area contributed by atoms with Gasteiger partial charge in [0.25, 0.3) is 11.8 Å². The van der Waals surface area contributed by atoms with E-state index in [1.54, 1.807) is 18.2 Å². The van der Waals surface area contributed by atoms with Gasteiger partial charge >= 0.3 is 0 Å². The number of amides is 1. The summed E-state index contributed by atoms with van der Waals surface area (Å²) in [6.45, 7) is 0. The molecular weight excluding hydrogens is 345 g/mol. The Balaban J connectivity index is 1.74. The van der Waals surface area contributed by atoms with Crippen LogP contribution in [0.4, 0.5) is 18.9 Å². The lowest BCUT2D eigenvalue weighted by molar-refractivity contribution is -0.122. The Morgan fingerprint density at radius 1 is 1.27 bits per heavy atom. The fourth-order valence-electron chi connectivity index (χ4n) is 2.64. The average Bonchev–Trinajstić information content (AvgIpc) is 3.20. The van der Waals surface area contributed by atoms with Gasteiger partial charge in [-0.2, -0.15) is 4.99 Å². The minimum Gasteiger partial charge on any atom is -0.384 e. The second kappa shape index (κ2) is 6.62. The number of nitrogens with zero attached hydrogens (tertiary/aromatic N) is 2.